The van der Waals surface area contributed by atoms with E-state index in [4.69, 9.17) is 10.5 Å². The summed E-state index contributed by atoms with van der Waals surface area (Å²) in [6, 6.07) is 8.42. The maximum absolute atomic E-state index is 14.6. The molecule has 0 spiro atoms. The molecule has 6 rings (SSSR count). The van der Waals surface area contributed by atoms with E-state index < -0.39 is 11.4 Å². The quantitative estimate of drug-likeness (QED) is 0.381. The SMILES string of the molecule is Nc1ccc(N2CCC(N3CCC(SCc4nc5cc(OCC6CC6)cc(F)c5c(=O)[nH]4)CC3)CC2)c(F)c1. The maximum atomic E-state index is 14.6. The molecule has 7 nitrogen and oxygen atoms in total. The summed E-state index contributed by atoms with van der Waals surface area (Å²) in [7, 11) is 0. The zero-order valence-electron chi connectivity index (χ0n) is 22.0. The lowest BCUT2D eigenvalue weighted by molar-refractivity contribution is 0.143. The molecule has 0 radical (unpaired) electrons. The van der Waals surface area contributed by atoms with Gasteiger partial charge in [-0.25, -0.2) is 13.8 Å². The number of thioether (sulfide) groups is 1. The van der Waals surface area contributed by atoms with Crippen LogP contribution in [-0.2, 0) is 5.75 Å². The van der Waals surface area contributed by atoms with E-state index in [1.54, 1.807) is 30.0 Å². The van der Waals surface area contributed by atoms with Crippen LogP contribution >= 0.6 is 11.8 Å². The number of rotatable bonds is 8. The minimum absolute atomic E-state index is 0.0130. The number of aromatic nitrogens is 2. The molecule has 1 aromatic heterocycles. The van der Waals surface area contributed by atoms with Crippen molar-refractivity contribution < 1.29 is 13.5 Å². The van der Waals surface area contributed by atoms with E-state index in [-0.39, 0.29) is 11.2 Å². The molecule has 0 bridgehead atoms. The van der Waals surface area contributed by atoms with Crippen LogP contribution < -0.4 is 20.9 Å². The molecule has 3 heterocycles. The Kier molecular flexibility index (Phi) is 7.66. The normalized spacial score (nSPS) is 19.6. The van der Waals surface area contributed by atoms with Crippen molar-refractivity contribution in [3.05, 3.63) is 58.1 Å². The number of fused-ring (bicyclic) bond motifs is 1. The van der Waals surface area contributed by atoms with Crippen LogP contribution in [0.1, 0.15) is 44.3 Å². The van der Waals surface area contributed by atoms with Gasteiger partial charge >= 0.3 is 0 Å². The summed E-state index contributed by atoms with van der Waals surface area (Å²) in [5, 5.41) is 0.470. The maximum Gasteiger partial charge on any atom is 0.261 e. The number of hydrogen-bond acceptors (Lipinski definition) is 7. The highest BCUT2D eigenvalue weighted by molar-refractivity contribution is 7.99. The molecule has 10 heteroatoms. The first kappa shape index (κ1) is 26.4. The summed E-state index contributed by atoms with van der Waals surface area (Å²) >= 11 is 1.80. The van der Waals surface area contributed by atoms with Crippen LogP contribution in [0.5, 0.6) is 5.75 Å². The van der Waals surface area contributed by atoms with Gasteiger partial charge in [-0.05, 0) is 75.7 Å². The number of piperidine rings is 2. The van der Waals surface area contributed by atoms with E-state index in [9.17, 15) is 13.6 Å². The predicted octanol–water partition coefficient (Wildman–Crippen LogP) is 4.94. The van der Waals surface area contributed by atoms with Crippen LogP contribution in [0.3, 0.4) is 0 Å². The van der Waals surface area contributed by atoms with Crippen LogP contribution in [0.25, 0.3) is 10.9 Å². The van der Waals surface area contributed by atoms with Gasteiger partial charge in [0.2, 0.25) is 0 Å². The van der Waals surface area contributed by atoms with Crippen molar-refractivity contribution in [3.8, 4) is 5.75 Å². The molecule has 0 unspecified atom stereocenters. The van der Waals surface area contributed by atoms with Crippen LogP contribution in [0.4, 0.5) is 20.2 Å². The number of aromatic amines is 1. The number of anilines is 2. The fourth-order valence-corrected chi connectivity index (χ4v) is 6.83. The Labute approximate surface area is 231 Å². The highest BCUT2D eigenvalue weighted by Crippen LogP contribution is 2.32. The smallest absolute Gasteiger partial charge is 0.261 e. The molecular weight excluding hydrogens is 520 g/mol. The van der Waals surface area contributed by atoms with E-state index in [2.05, 4.69) is 19.8 Å². The Morgan fingerprint density at radius 3 is 2.49 bits per heavy atom. The minimum atomic E-state index is -0.594. The second-order valence-corrected chi connectivity index (χ2v) is 12.3. The largest absolute Gasteiger partial charge is 0.493 e. The van der Waals surface area contributed by atoms with Gasteiger partial charge in [-0.15, -0.1) is 0 Å². The summed E-state index contributed by atoms with van der Waals surface area (Å²) in [6.07, 6.45) is 6.49. The molecule has 208 valence electrons. The highest BCUT2D eigenvalue weighted by atomic mass is 32.2. The molecule has 1 saturated carbocycles. The van der Waals surface area contributed by atoms with Gasteiger partial charge in [-0.2, -0.15) is 11.8 Å². The number of halogens is 2. The molecule has 2 saturated heterocycles. The van der Waals surface area contributed by atoms with Gasteiger partial charge in [0.15, 0.2) is 0 Å². The fourth-order valence-electron chi connectivity index (χ4n) is 5.75. The molecule has 1 aliphatic carbocycles. The van der Waals surface area contributed by atoms with Crippen molar-refractivity contribution in [1.29, 1.82) is 0 Å². The van der Waals surface area contributed by atoms with Crippen LogP contribution in [0.15, 0.2) is 35.1 Å². The topological polar surface area (TPSA) is 87.5 Å². The molecule has 2 aromatic carbocycles. The summed E-state index contributed by atoms with van der Waals surface area (Å²) in [4.78, 5) is 24.7. The molecule has 2 aliphatic heterocycles. The summed E-state index contributed by atoms with van der Waals surface area (Å²) < 4.78 is 34.7. The van der Waals surface area contributed by atoms with Gasteiger partial charge < -0.3 is 25.3 Å². The van der Waals surface area contributed by atoms with Crippen molar-refractivity contribution in [2.75, 3.05) is 43.4 Å². The predicted molar refractivity (Wildman–Crippen MR) is 152 cm³/mol. The average molecular weight is 556 g/mol. The summed E-state index contributed by atoms with van der Waals surface area (Å²) in [6.45, 7) is 4.33. The van der Waals surface area contributed by atoms with E-state index in [0.29, 0.717) is 58.0 Å². The molecular formula is C29H35F2N5O2S. The van der Waals surface area contributed by atoms with Gasteiger partial charge in [0.05, 0.1) is 23.6 Å². The van der Waals surface area contributed by atoms with E-state index >= 15 is 0 Å². The number of nitrogens with two attached hydrogens (primary N) is 1. The van der Waals surface area contributed by atoms with Crippen LogP contribution in [0, 0.1) is 17.6 Å². The molecule has 3 fully saturated rings. The highest BCUT2D eigenvalue weighted by Gasteiger charge is 2.29. The van der Waals surface area contributed by atoms with Crippen molar-refractivity contribution in [1.82, 2.24) is 14.9 Å². The first-order valence-electron chi connectivity index (χ1n) is 13.9. The minimum Gasteiger partial charge on any atom is -0.493 e. The second-order valence-electron chi connectivity index (χ2n) is 11.0. The third kappa shape index (κ3) is 6.17. The number of hydrogen-bond donors (Lipinski definition) is 2. The first-order chi connectivity index (χ1) is 18.9. The number of nitrogen functional groups attached to an aromatic ring is 1. The number of benzene rings is 2. The van der Waals surface area contributed by atoms with E-state index in [1.165, 1.54) is 12.1 Å². The van der Waals surface area contributed by atoms with Crippen molar-refractivity contribution >= 4 is 34.0 Å². The van der Waals surface area contributed by atoms with Crippen molar-refractivity contribution in [2.24, 2.45) is 5.92 Å². The fraction of sp³-hybridized carbons (Fsp3) is 0.517. The zero-order valence-corrected chi connectivity index (χ0v) is 22.8. The Morgan fingerprint density at radius 2 is 1.77 bits per heavy atom. The van der Waals surface area contributed by atoms with Crippen LogP contribution in [-0.4, -0.2) is 58.9 Å². The van der Waals surface area contributed by atoms with E-state index in [0.717, 1.165) is 64.7 Å². The second kappa shape index (κ2) is 11.3. The Balaban J connectivity index is 1.00. The summed E-state index contributed by atoms with van der Waals surface area (Å²) in [5.41, 5.74) is 6.69. The summed E-state index contributed by atoms with van der Waals surface area (Å²) in [5.74, 6) is 1.29. The van der Waals surface area contributed by atoms with Gasteiger partial charge in [-0.1, -0.05) is 0 Å². The van der Waals surface area contributed by atoms with Gasteiger partial charge in [0, 0.05) is 42.2 Å². The zero-order chi connectivity index (χ0) is 26.9. The molecule has 39 heavy (non-hydrogen) atoms. The first-order valence-corrected chi connectivity index (χ1v) is 15.0. The number of likely N-dealkylation sites (tertiary alicyclic amines) is 1. The van der Waals surface area contributed by atoms with Gasteiger partial charge in [0.1, 0.15) is 28.6 Å². The number of H-pyrrole nitrogens is 1. The lowest BCUT2D eigenvalue weighted by Crippen LogP contribution is -2.48. The Morgan fingerprint density at radius 1 is 1.00 bits per heavy atom. The van der Waals surface area contributed by atoms with Crippen molar-refractivity contribution in [2.45, 2.75) is 55.6 Å². The molecule has 0 amide bonds. The number of ether oxygens (including phenoxy) is 1. The number of nitrogens with zero attached hydrogens (tertiary/aromatic N) is 3. The lowest BCUT2D eigenvalue weighted by Gasteiger charge is -2.42. The van der Waals surface area contributed by atoms with Gasteiger partial charge in [0.25, 0.3) is 5.56 Å². The Hall–Kier alpha value is -2.85. The monoisotopic (exact) mass is 555 g/mol. The molecule has 0 atom stereocenters. The lowest BCUT2D eigenvalue weighted by atomic mass is 9.99. The number of nitrogens with one attached hydrogen (secondary N) is 1. The standard InChI is InChI=1S/C29H35F2N5O2S/c30-23-13-19(32)3-4-26(23)36-9-5-20(6-10-36)35-11-7-22(8-12-35)39-17-27-33-25-15-21(38-16-18-1-2-18)14-24(31)28(25)29(37)34-27/h3-4,13-15,18,20,22H,1-2,5-12,16-17,32H2,(H,33,34,37). The average Bonchev–Trinajstić information content (AvgIpc) is 3.76. The van der Waals surface area contributed by atoms with Gasteiger partial charge in [-0.3, -0.25) is 4.79 Å². The third-order valence-electron chi connectivity index (χ3n) is 8.19. The third-order valence-corrected chi connectivity index (χ3v) is 9.57. The molecule has 3 aromatic rings. The van der Waals surface area contributed by atoms with Crippen molar-refractivity contribution in [3.63, 3.8) is 0 Å². The molecule has 3 N–H and O–H groups in total. The molecule has 3 aliphatic rings. The van der Waals surface area contributed by atoms with E-state index in [1.807, 2.05) is 0 Å². The van der Waals surface area contributed by atoms with Crippen LogP contribution in [0.2, 0.25) is 0 Å². The Bertz CT molecular complexity index is 1380.